The molecule has 2 rings (SSSR count). The number of carbonyl (C=O) groups excluding carboxylic acids is 1. The molecule has 0 spiro atoms. The fraction of sp³-hybridized carbons (Fsp3) is 0.364. The van der Waals surface area contributed by atoms with Crippen molar-refractivity contribution in [3.05, 3.63) is 28.2 Å². The highest BCUT2D eigenvalue weighted by Crippen LogP contribution is 2.23. The van der Waals surface area contributed by atoms with E-state index in [1.165, 1.54) is 0 Å². The zero-order chi connectivity index (χ0) is 10.8. The molecule has 0 radical (unpaired) electrons. The van der Waals surface area contributed by atoms with Crippen molar-refractivity contribution < 1.29 is 4.79 Å². The smallest absolute Gasteiger partial charge is 0.241 e. The van der Waals surface area contributed by atoms with Gasteiger partial charge in [0.15, 0.2) is 0 Å². The van der Waals surface area contributed by atoms with E-state index in [1.54, 1.807) is 0 Å². The lowest BCUT2D eigenvalue weighted by molar-refractivity contribution is -0.119. The maximum Gasteiger partial charge on any atom is 0.241 e. The Kier molecular flexibility index (Phi) is 4.77. The molecule has 16 heavy (non-hydrogen) atoms. The first-order valence-electron chi connectivity index (χ1n) is 4.98. The summed E-state index contributed by atoms with van der Waals surface area (Å²) < 4.78 is 1.02. The maximum absolute atomic E-state index is 11.7. The minimum absolute atomic E-state index is 0. The van der Waals surface area contributed by atoms with Crippen LogP contribution in [0.25, 0.3) is 0 Å². The number of hydrogen-bond donors (Lipinski definition) is 2. The van der Waals surface area contributed by atoms with Crippen LogP contribution in [0.1, 0.15) is 12.0 Å². The van der Waals surface area contributed by atoms with Crippen LogP contribution in [0.15, 0.2) is 22.7 Å². The van der Waals surface area contributed by atoms with E-state index in [2.05, 4.69) is 26.6 Å². The average molecular weight is 306 g/mol. The monoisotopic (exact) mass is 304 g/mol. The van der Waals surface area contributed by atoms with Gasteiger partial charge in [0, 0.05) is 10.2 Å². The molecule has 0 aliphatic carbocycles. The molecule has 3 nitrogen and oxygen atoms in total. The molecule has 1 saturated heterocycles. The molecule has 0 aromatic heterocycles. The van der Waals surface area contributed by atoms with Crippen LogP contribution in [-0.2, 0) is 4.79 Å². The molecule has 1 aliphatic rings. The minimum atomic E-state index is -0.0108. The predicted octanol–water partition coefficient (Wildman–Crippen LogP) is 2.48. The Morgan fingerprint density at radius 1 is 1.56 bits per heavy atom. The van der Waals surface area contributed by atoms with Gasteiger partial charge in [-0.15, -0.1) is 12.4 Å². The van der Waals surface area contributed by atoms with Gasteiger partial charge in [-0.1, -0.05) is 22.0 Å². The molecule has 0 saturated carbocycles. The maximum atomic E-state index is 11.7. The fourth-order valence-corrected chi connectivity index (χ4v) is 1.84. The summed E-state index contributed by atoms with van der Waals surface area (Å²) in [6, 6.07) is 5.79. The normalized spacial score (nSPS) is 18.2. The number of benzene rings is 1. The third-order valence-electron chi connectivity index (χ3n) is 2.67. The summed E-state index contributed by atoms with van der Waals surface area (Å²) in [5.41, 5.74) is 1.94. The Balaban J connectivity index is 0.00000128. The Morgan fingerprint density at radius 2 is 2.25 bits per heavy atom. The van der Waals surface area contributed by atoms with Crippen molar-refractivity contribution in [2.75, 3.05) is 11.9 Å². The van der Waals surface area contributed by atoms with E-state index in [0.29, 0.717) is 0 Å². The van der Waals surface area contributed by atoms with E-state index in [0.717, 1.165) is 28.7 Å². The highest BCUT2D eigenvalue weighted by atomic mass is 79.9. The lowest BCUT2D eigenvalue weighted by atomic mass is 10.1. The van der Waals surface area contributed by atoms with Crippen molar-refractivity contribution in [2.24, 2.45) is 0 Å². The topological polar surface area (TPSA) is 41.1 Å². The summed E-state index contributed by atoms with van der Waals surface area (Å²) >= 11 is 3.44. The van der Waals surface area contributed by atoms with Gasteiger partial charge >= 0.3 is 0 Å². The Hall–Kier alpha value is -0.580. The van der Waals surface area contributed by atoms with Crippen molar-refractivity contribution in [3.8, 4) is 0 Å². The van der Waals surface area contributed by atoms with Crippen LogP contribution in [0.4, 0.5) is 5.69 Å². The van der Waals surface area contributed by atoms with Crippen molar-refractivity contribution in [3.63, 3.8) is 0 Å². The van der Waals surface area contributed by atoms with Gasteiger partial charge in [-0.25, -0.2) is 0 Å². The molecule has 1 aromatic rings. The largest absolute Gasteiger partial charge is 0.324 e. The first kappa shape index (κ1) is 13.5. The van der Waals surface area contributed by atoms with Crippen LogP contribution in [0, 0.1) is 6.92 Å². The molecule has 1 aromatic carbocycles. The average Bonchev–Trinajstić information content (AvgIpc) is 2.10. The summed E-state index contributed by atoms with van der Waals surface area (Å²) in [7, 11) is 0. The lowest BCUT2D eigenvalue weighted by Gasteiger charge is -2.26. The van der Waals surface area contributed by atoms with E-state index >= 15 is 0 Å². The van der Waals surface area contributed by atoms with E-state index in [-0.39, 0.29) is 24.4 Å². The van der Waals surface area contributed by atoms with Crippen LogP contribution in [0.5, 0.6) is 0 Å². The third kappa shape index (κ3) is 2.75. The minimum Gasteiger partial charge on any atom is -0.324 e. The highest BCUT2D eigenvalue weighted by molar-refractivity contribution is 9.10. The summed E-state index contributed by atoms with van der Waals surface area (Å²) in [5, 5.41) is 6.00. The number of carbonyl (C=O) groups is 1. The van der Waals surface area contributed by atoms with Crippen LogP contribution < -0.4 is 10.6 Å². The van der Waals surface area contributed by atoms with E-state index < -0.39 is 0 Å². The van der Waals surface area contributed by atoms with E-state index in [4.69, 9.17) is 0 Å². The molecular weight excluding hydrogens is 291 g/mol. The molecular formula is C11H14BrClN2O. The van der Waals surface area contributed by atoms with Gasteiger partial charge in [0.05, 0.1) is 6.04 Å². The molecule has 0 bridgehead atoms. The number of amides is 1. The molecule has 1 aliphatic heterocycles. The molecule has 2 N–H and O–H groups in total. The molecule has 1 fully saturated rings. The van der Waals surface area contributed by atoms with Gasteiger partial charge in [0.25, 0.3) is 0 Å². The van der Waals surface area contributed by atoms with Crippen LogP contribution in [0.3, 0.4) is 0 Å². The highest BCUT2D eigenvalue weighted by Gasteiger charge is 2.24. The number of rotatable bonds is 2. The van der Waals surface area contributed by atoms with Gasteiger partial charge in [0.1, 0.15) is 0 Å². The van der Waals surface area contributed by atoms with Gasteiger partial charge in [-0.2, -0.15) is 0 Å². The second kappa shape index (κ2) is 5.66. The molecule has 1 amide bonds. The Bertz CT molecular complexity index is 394. The summed E-state index contributed by atoms with van der Waals surface area (Å²) in [5.74, 6) is 0.0578. The van der Waals surface area contributed by atoms with Crippen LogP contribution in [-0.4, -0.2) is 18.5 Å². The Labute approximate surface area is 110 Å². The number of halogens is 2. The molecule has 0 unspecified atom stereocenters. The lowest BCUT2D eigenvalue weighted by Crippen LogP contribution is -2.50. The second-order valence-electron chi connectivity index (χ2n) is 3.70. The van der Waals surface area contributed by atoms with Gasteiger partial charge in [-0.05, 0) is 37.6 Å². The van der Waals surface area contributed by atoms with E-state index in [9.17, 15) is 4.79 Å². The second-order valence-corrected chi connectivity index (χ2v) is 4.55. The van der Waals surface area contributed by atoms with Crippen LogP contribution in [0.2, 0.25) is 0 Å². The summed E-state index contributed by atoms with van der Waals surface area (Å²) in [6.45, 7) is 2.92. The van der Waals surface area contributed by atoms with Gasteiger partial charge < -0.3 is 10.6 Å². The standard InChI is InChI=1S/C11H13BrN2O.ClH/c1-7-8(12)3-2-4-9(7)14-11(15)10-5-6-13-10;/h2-4,10,13H,5-6H2,1H3,(H,14,15);1H/t10-;/m1./s1. The first-order chi connectivity index (χ1) is 7.18. The molecule has 1 heterocycles. The summed E-state index contributed by atoms with van der Waals surface area (Å²) in [6.07, 6.45) is 0.929. The number of hydrogen-bond acceptors (Lipinski definition) is 2. The third-order valence-corrected chi connectivity index (χ3v) is 3.52. The van der Waals surface area contributed by atoms with Crippen molar-refractivity contribution in [1.29, 1.82) is 0 Å². The SMILES string of the molecule is Cc1c(Br)cccc1NC(=O)[C@H]1CCN1.Cl. The van der Waals surface area contributed by atoms with Gasteiger partial charge in [-0.3, -0.25) is 4.79 Å². The summed E-state index contributed by atoms with van der Waals surface area (Å²) in [4.78, 5) is 11.7. The molecule has 1 atom stereocenters. The molecule has 88 valence electrons. The van der Waals surface area contributed by atoms with Gasteiger partial charge in [0.2, 0.25) is 5.91 Å². The quantitative estimate of drug-likeness (QED) is 0.881. The number of anilines is 1. The Morgan fingerprint density at radius 3 is 2.81 bits per heavy atom. The first-order valence-corrected chi connectivity index (χ1v) is 5.77. The zero-order valence-corrected chi connectivity index (χ0v) is 11.3. The fourth-order valence-electron chi connectivity index (χ4n) is 1.48. The zero-order valence-electron chi connectivity index (χ0n) is 8.92. The van der Waals surface area contributed by atoms with Crippen molar-refractivity contribution in [1.82, 2.24) is 5.32 Å². The number of nitrogens with one attached hydrogen (secondary N) is 2. The van der Waals surface area contributed by atoms with Crippen LogP contribution >= 0.6 is 28.3 Å². The van der Waals surface area contributed by atoms with E-state index in [1.807, 2.05) is 25.1 Å². The predicted molar refractivity (Wildman–Crippen MR) is 71.2 cm³/mol. The molecule has 5 heteroatoms. The van der Waals surface area contributed by atoms with Crippen molar-refractivity contribution in [2.45, 2.75) is 19.4 Å². The van der Waals surface area contributed by atoms with Crippen molar-refractivity contribution >= 4 is 39.9 Å².